The summed E-state index contributed by atoms with van der Waals surface area (Å²) in [6, 6.07) is 8.97. The summed E-state index contributed by atoms with van der Waals surface area (Å²) in [7, 11) is 0. The summed E-state index contributed by atoms with van der Waals surface area (Å²) in [5.41, 5.74) is 3.24. The van der Waals surface area contributed by atoms with Crippen LogP contribution < -0.4 is 0 Å². The van der Waals surface area contributed by atoms with Crippen LogP contribution in [0, 0.1) is 12.3 Å². The summed E-state index contributed by atoms with van der Waals surface area (Å²) < 4.78 is 0. The zero-order valence-corrected chi connectivity index (χ0v) is 10.8. The van der Waals surface area contributed by atoms with E-state index >= 15 is 0 Å². The molecule has 0 saturated carbocycles. The van der Waals surface area contributed by atoms with Crippen molar-refractivity contribution in [1.29, 1.82) is 0 Å². The van der Waals surface area contributed by atoms with Gasteiger partial charge in [-0.3, -0.25) is 0 Å². The van der Waals surface area contributed by atoms with E-state index in [-0.39, 0.29) is 0 Å². The van der Waals surface area contributed by atoms with Crippen LogP contribution in [0.2, 0.25) is 0 Å². The maximum atomic E-state index is 2.34. The Hall–Kier alpha value is -0.780. The molecule has 1 unspecified atom stereocenters. The average Bonchev–Trinajstić information content (AvgIpc) is 2.12. The lowest BCUT2D eigenvalue weighted by Gasteiger charge is -2.31. The Morgan fingerprint density at radius 1 is 1.20 bits per heavy atom. The maximum absolute atomic E-state index is 2.34. The molecule has 1 atom stereocenters. The quantitative estimate of drug-likeness (QED) is 0.655. The van der Waals surface area contributed by atoms with Crippen LogP contribution in [0.4, 0.5) is 0 Å². The number of benzene rings is 1. The van der Waals surface area contributed by atoms with Gasteiger partial charge >= 0.3 is 0 Å². The lowest BCUT2D eigenvalue weighted by atomic mass is 9.74. The normalized spacial score (nSPS) is 13.9. The molecular formula is C15H24. The van der Waals surface area contributed by atoms with Crippen molar-refractivity contribution in [3.8, 4) is 0 Å². The first-order valence-electron chi connectivity index (χ1n) is 6.01. The highest BCUT2D eigenvalue weighted by Crippen LogP contribution is 2.38. The molecule has 0 aliphatic rings. The van der Waals surface area contributed by atoms with Crippen LogP contribution in [-0.4, -0.2) is 0 Å². The molecule has 0 nitrogen and oxygen atoms in total. The summed E-state index contributed by atoms with van der Waals surface area (Å²) in [6.07, 6.45) is 2.54. The van der Waals surface area contributed by atoms with Crippen LogP contribution in [-0.2, 0) is 0 Å². The molecule has 84 valence electrons. The van der Waals surface area contributed by atoms with Gasteiger partial charge in [-0.05, 0) is 30.2 Å². The minimum absolute atomic E-state index is 0.365. The fourth-order valence-electron chi connectivity index (χ4n) is 2.28. The Morgan fingerprint density at radius 2 is 1.87 bits per heavy atom. The van der Waals surface area contributed by atoms with E-state index in [1.54, 1.807) is 0 Å². The third-order valence-electron chi connectivity index (χ3n) is 3.07. The predicted octanol–water partition coefficient (Wildman–Crippen LogP) is 4.92. The van der Waals surface area contributed by atoms with E-state index in [0.29, 0.717) is 11.3 Å². The van der Waals surface area contributed by atoms with Crippen LogP contribution in [0.3, 0.4) is 0 Å². The Kier molecular flexibility index (Phi) is 3.96. The number of aryl methyl sites for hydroxylation is 1. The summed E-state index contributed by atoms with van der Waals surface area (Å²) in [4.78, 5) is 0. The molecule has 0 N–H and O–H groups in total. The monoisotopic (exact) mass is 204 g/mol. The maximum Gasteiger partial charge on any atom is -0.0113 e. The van der Waals surface area contributed by atoms with Crippen molar-refractivity contribution >= 4 is 0 Å². The standard InChI is InChI=1S/C15H24/c1-6-8-14(15(3,4)5)13-10-7-9-12(2)11-13/h7,9-11,14H,6,8H2,1-5H3. The fourth-order valence-corrected chi connectivity index (χ4v) is 2.28. The molecule has 0 aliphatic carbocycles. The molecule has 1 aromatic carbocycles. The van der Waals surface area contributed by atoms with Crippen molar-refractivity contribution in [3.05, 3.63) is 35.4 Å². The van der Waals surface area contributed by atoms with Crippen LogP contribution >= 0.6 is 0 Å². The third kappa shape index (κ3) is 3.37. The highest BCUT2D eigenvalue weighted by molar-refractivity contribution is 5.26. The first-order valence-corrected chi connectivity index (χ1v) is 6.01. The van der Waals surface area contributed by atoms with Gasteiger partial charge in [-0.1, -0.05) is 63.9 Å². The van der Waals surface area contributed by atoms with Crippen LogP contribution in [0.1, 0.15) is 57.6 Å². The third-order valence-corrected chi connectivity index (χ3v) is 3.07. The van der Waals surface area contributed by atoms with Crippen molar-refractivity contribution in [2.75, 3.05) is 0 Å². The van der Waals surface area contributed by atoms with E-state index in [0.717, 1.165) is 0 Å². The predicted molar refractivity (Wildman–Crippen MR) is 68.3 cm³/mol. The fraction of sp³-hybridized carbons (Fsp3) is 0.600. The molecule has 0 aromatic heterocycles. The molecule has 0 bridgehead atoms. The van der Waals surface area contributed by atoms with Gasteiger partial charge in [0.15, 0.2) is 0 Å². The molecule has 0 heterocycles. The Bertz CT molecular complexity index is 304. The molecule has 15 heavy (non-hydrogen) atoms. The minimum atomic E-state index is 0.365. The number of hydrogen-bond donors (Lipinski definition) is 0. The summed E-state index contributed by atoms with van der Waals surface area (Å²) in [5, 5.41) is 0. The zero-order chi connectivity index (χ0) is 11.5. The average molecular weight is 204 g/mol. The molecule has 0 heteroatoms. The van der Waals surface area contributed by atoms with Crippen LogP contribution in [0.5, 0.6) is 0 Å². The van der Waals surface area contributed by atoms with E-state index in [1.807, 2.05) is 0 Å². The van der Waals surface area contributed by atoms with E-state index in [1.165, 1.54) is 24.0 Å². The van der Waals surface area contributed by atoms with Crippen LogP contribution in [0.25, 0.3) is 0 Å². The Balaban J connectivity index is 2.99. The van der Waals surface area contributed by atoms with E-state index in [9.17, 15) is 0 Å². The topological polar surface area (TPSA) is 0 Å². The van der Waals surface area contributed by atoms with Gasteiger partial charge in [0.25, 0.3) is 0 Å². The highest BCUT2D eigenvalue weighted by Gasteiger charge is 2.25. The summed E-state index contributed by atoms with van der Waals surface area (Å²) in [5.74, 6) is 0.683. The lowest BCUT2D eigenvalue weighted by molar-refractivity contribution is 0.303. The molecule has 1 aromatic rings. The van der Waals surface area contributed by atoms with Gasteiger partial charge in [-0.15, -0.1) is 0 Å². The molecule has 0 saturated heterocycles. The smallest absolute Gasteiger partial charge is 0.0113 e. The van der Waals surface area contributed by atoms with Gasteiger partial charge in [0.2, 0.25) is 0 Å². The van der Waals surface area contributed by atoms with Gasteiger partial charge in [0.1, 0.15) is 0 Å². The van der Waals surface area contributed by atoms with E-state index in [4.69, 9.17) is 0 Å². The minimum Gasteiger partial charge on any atom is -0.0654 e. The van der Waals surface area contributed by atoms with E-state index in [2.05, 4.69) is 58.9 Å². The van der Waals surface area contributed by atoms with Gasteiger partial charge in [0, 0.05) is 0 Å². The van der Waals surface area contributed by atoms with E-state index < -0.39 is 0 Å². The number of hydrogen-bond acceptors (Lipinski definition) is 0. The lowest BCUT2D eigenvalue weighted by Crippen LogP contribution is -2.18. The first-order chi connectivity index (χ1) is 6.95. The second-order valence-corrected chi connectivity index (χ2v) is 5.62. The van der Waals surface area contributed by atoms with Crippen molar-refractivity contribution in [3.63, 3.8) is 0 Å². The van der Waals surface area contributed by atoms with Crippen molar-refractivity contribution in [2.24, 2.45) is 5.41 Å². The molecule has 1 rings (SSSR count). The van der Waals surface area contributed by atoms with Crippen molar-refractivity contribution in [2.45, 2.75) is 53.4 Å². The first kappa shape index (κ1) is 12.3. The highest BCUT2D eigenvalue weighted by atomic mass is 14.3. The molecular weight excluding hydrogens is 180 g/mol. The largest absolute Gasteiger partial charge is 0.0654 e. The molecule has 0 radical (unpaired) electrons. The van der Waals surface area contributed by atoms with Gasteiger partial charge in [-0.2, -0.15) is 0 Å². The Labute approximate surface area is 94.7 Å². The van der Waals surface area contributed by atoms with Gasteiger partial charge < -0.3 is 0 Å². The zero-order valence-electron chi connectivity index (χ0n) is 10.8. The molecule has 0 amide bonds. The SMILES string of the molecule is CCCC(c1cccc(C)c1)C(C)(C)C. The van der Waals surface area contributed by atoms with Crippen molar-refractivity contribution in [1.82, 2.24) is 0 Å². The second-order valence-electron chi connectivity index (χ2n) is 5.62. The van der Waals surface area contributed by atoms with Gasteiger partial charge in [-0.25, -0.2) is 0 Å². The molecule has 0 spiro atoms. The second kappa shape index (κ2) is 4.83. The molecule has 0 aliphatic heterocycles. The summed E-state index contributed by atoms with van der Waals surface area (Å²) >= 11 is 0. The van der Waals surface area contributed by atoms with Gasteiger partial charge in [0.05, 0.1) is 0 Å². The Morgan fingerprint density at radius 3 is 2.33 bits per heavy atom. The number of rotatable bonds is 3. The summed E-state index contributed by atoms with van der Waals surface area (Å²) in [6.45, 7) is 11.5. The van der Waals surface area contributed by atoms with Crippen LogP contribution in [0.15, 0.2) is 24.3 Å². The van der Waals surface area contributed by atoms with Crippen molar-refractivity contribution < 1.29 is 0 Å². The molecule has 0 fully saturated rings.